The Balaban J connectivity index is 2.00. The van der Waals surface area contributed by atoms with Crippen LogP contribution in [0.25, 0.3) is 0 Å². The molecule has 0 aliphatic heterocycles. The van der Waals surface area contributed by atoms with Crippen LogP contribution in [0.15, 0.2) is 53.4 Å². The number of benzene rings is 2. The van der Waals surface area contributed by atoms with Gasteiger partial charge in [0, 0.05) is 5.92 Å². The molecule has 0 unspecified atom stereocenters. The fourth-order valence-electron chi connectivity index (χ4n) is 2.96. The Morgan fingerprint density at radius 2 is 1.78 bits per heavy atom. The summed E-state index contributed by atoms with van der Waals surface area (Å²) in [6.07, 6.45) is 0. The summed E-state index contributed by atoms with van der Waals surface area (Å²) >= 11 is 0. The molecule has 0 spiro atoms. The van der Waals surface area contributed by atoms with Gasteiger partial charge in [0.15, 0.2) is 9.84 Å². The van der Waals surface area contributed by atoms with Crippen LogP contribution in [-0.4, -0.2) is 24.7 Å². The maximum absolute atomic E-state index is 13.4. The molecule has 2 aromatic rings. The molecule has 1 aliphatic carbocycles. The number of carbonyl (C=O) groups is 1. The predicted octanol–water partition coefficient (Wildman–Crippen LogP) is 2.77. The zero-order chi connectivity index (χ0) is 16.8. The van der Waals surface area contributed by atoms with Gasteiger partial charge in [-0.2, -0.15) is 0 Å². The van der Waals surface area contributed by atoms with Crippen molar-refractivity contribution < 1.29 is 22.7 Å². The van der Waals surface area contributed by atoms with Crippen molar-refractivity contribution >= 4 is 15.8 Å². The number of rotatable bonds is 4. The molecule has 1 aliphatic rings. The lowest BCUT2D eigenvalue weighted by Gasteiger charge is -2.05. The van der Waals surface area contributed by atoms with Gasteiger partial charge in [0.25, 0.3) is 0 Å². The Hall–Kier alpha value is -2.21. The molecule has 1 N–H and O–H groups in total. The minimum absolute atomic E-state index is 0.0956. The first-order valence-electron chi connectivity index (χ1n) is 7.11. The fraction of sp³-hybridized carbons (Fsp3) is 0.235. The first-order valence-corrected chi connectivity index (χ1v) is 8.66. The summed E-state index contributed by atoms with van der Waals surface area (Å²) in [7, 11) is -3.79. The normalized spacial score (nSPS) is 23.5. The maximum atomic E-state index is 13.4. The highest BCUT2D eigenvalue weighted by atomic mass is 32.2. The van der Waals surface area contributed by atoms with Crippen molar-refractivity contribution in [2.24, 2.45) is 5.92 Å². The number of hydrogen-bond donors (Lipinski definition) is 1. The first-order chi connectivity index (χ1) is 10.8. The second-order valence-electron chi connectivity index (χ2n) is 5.77. The van der Waals surface area contributed by atoms with Crippen molar-refractivity contribution in [2.45, 2.75) is 23.0 Å². The van der Waals surface area contributed by atoms with Crippen LogP contribution in [0.1, 0.15) is 17.0 Å². The largest absolute Gasteiger partial charge is 0.481 e. The molecule has 120 valence electrons. The third-order valence-corrected chi connectivity index (χ3v) is 6.41. The van der Waals surface area contributed by atoms with Crippen molar-refractivity contribution in [3.05, 3.63) is 65.5 Å². The van der Waals surface area contributed by atoms with Crippen molar-refractivity contribution in [3.8, 4) is 0 Å². The molecule has 23 heavy (non-hydrogen) atoms. The molecular formula is C17H15FO4S. The lowest BCUT2D eigenvalue weighted by atomic mass is 10.1. The number of sulfone groups is 1. The monoisotopic (exact) mass is 334 g/mol. The van der Waals surface area contributed by atoms with Crippen LogP contribution in [0.5, 0.6) is 0 Å². The highest BCUT2D eigenvalue weighted by molar-refractivity contribution is 7.92. The van der Waals surface area contributed by atoms with E-state index >= 15 is 0 Å². The van der Waals surface area contributed by atoms with Gasteiger partial charge in [0.1, 0.15) is 5.82 Å². The minimum atomic E-state index is -3.79. The van der Waals surface area contributed by atoms with E-state index < -0.39 is 38.7 Å². The Bertz CT molecular complexity index is 858. The molecule has 1 saturated carbocycles. The third kappa shape index (κ3) is 2.74. The molecule has 0 amide bonds. The zero-order valence-corrected chi connectivity index (χ0v) is 13.1. The number of carboxylic acids is 1. The molecule has 2 aromatic carbocycles. The van der Waals surface area contributed by atoms with Crippen LogP contribution in [0, 0.1) is 18.7 Å². The van der Waals surface area contributed by atoms with E-state index in [0.29, 0.717) is 5.56 Å². The summed E-state index contributed by atoms with van der Waals surface area (Å²) in [6.45, 7) is 1.84. The van der Waals surface area contributed by atoms with Gasteiger partial charge in [-0.1, -0.05) is 29.8 Å². The topological polar surface area (TPSA) is 71.4 Å². The molecule has 3 rings (SSSR count). The molecule has 0 bridgehead atoms. The molecule has 0 heterocycles. The average molecular weight is 334 g/mol. The van der Waals surface area contributed by atoms with E-state index in [4.69, 9.17) is 0 Å². The smallest absolute Gasteiger partial charge is 0.308 e. The van der Waals surface area contributed by atoms with Gasteiger partial charge in [-0.15, -0.1) is 0 Å². The van der Waals surface area contributed by atoms with Crippen LogP contribution < -0.4 is 0 Å². The van der Waals surface area contributed by atoms with Crippen LogP contribution in [0.3, 0.4) is 0 Å². The molecule has 6 heteroatoms. The summed E-state index contributed by atoms with van der Waals surface area (Å²) in [5.74, 6) is -3.47. The number of carboxylic acid groups (broad SMARTS) is 1. The summed E-state index contributed by atoms with van der Waals surface area (Å²) in [4.78, 5) is 11.5. The highest BCUT2D eigenvalue weighted by Gasteiger charge is 2.63. The fourth-order valence-corrected chi connectivity index (χ4v) is 5.08. The molecule has 1 fully saturated rings. The predicted molar refractivity (Wildman–Crippen MR) is 82.4 cm³/mol. The SMILES string of the molecule is Cc1ccc(S(=O)(=O)[C@@H]2[C@H](C(=O)O)[C@@H]2c2cccc(F)c2)cc1. The van der Waals surface area contributed by atoms with E-state index in [2.05, 4.69) is 0 Å². The molecular weight excluding hydrogens is 319 g/mol. The Kier molecular flexibility index (Phi) is 3.72. The van der Waals surface area contributed by atoms with E-state index in [9.17, 15) is 22.7 Å². The van der Waals surface area contributed by atoms with E-state index in [1.807, 2.05) is 6.92 Å². The minimum Gasteiger partial charge on any atom is -0.481 e. The third-order valence-electron chi connectivity index (χ3n) is 4.18. The van der Waals surface area contributed by atoms with Crippen LogP contribution in [0.4, 0.5) is 4.39 Å². The molecule has 0 aromatic heterocycles. The summed E-state index contributed by atoms with van der Waals surface area (Å²) in [5.41, 5.74) is 1.31. The summed E-state index contributed by atoms with van der Waals surface area (Å²) in [5, 5.41) is 8.26. The van der Waals surface area contributed by atoms with E-state index in [0.717, 1.165) is 5.56 Å². The Labute approximate surface area is 133 Å². The van der Waals surface area contributed by atoms with E-state index in [1.165, 1.54) is 30.3 Å². The number of aryl methyl sites for hydroxylation is 1. The van der Waals surface area contributed by atoms with Gasteiger partial charge >= 0.3 is 5.97 Å². The second-order valence-corrected chi connectivity index (χ2v) is 7.87. The van der Waals surface area contributed by atoms with Crippen LogP contribution >= 0.6 is 0 Å². The summed E-state index contributed by atoms with van der Waals surface area (Å²) < 4.78 is 38.8. The zero-order valence-electron chi connectivity index (χ0n) is 12.3. The van der Waals surface area contributed by atoms with Crippen molar-refractivity contribution in [2.75, 3.05) is 0 Å². The van der Waals surface area contributed by atoms with Crippen LogP contribution in [-0.2, 0) is 14.6 Å². The lowest BCUT2D eigenvalue weighted by molar-refractivity contribution is -0.138. The van der Waals surface area contributed by atoms with Crippen molar-refractivity contribution in [3.63, 3.8) is 0 Å². The van der Waals surface area contributed by atoms with Gasteiger partial charge in [0.05, 0.1) is 16.1 Å². The molecule has 3 atom stereocenters. The first kappa shape index (κ1) is 15.7. The molecule has 0 radical (unpaired) electrons. The number of aliphatic carboxylic acids is 1. The maximum Gasteiger partial charge on any atom is 0.308 e. The molecule has 4 nitrogen and oxygen atoms in total. The van der Waals surface area contributed by atoms with Gasteiger partial charge < -0.3 is 5.11 Å². The van der Waals surface area contributed by atoms with Crippen molar-refractivity contribution in [1.82, 2.24) is 0 Å². The van der Waals surface area contributed by atoms with Gasteiger partial charge in [0.2, 0.25) is 0 Å². The van der Waals surface area contributed by atoms with E-state index in [1.54, 1.807) is 18.2 Å². The summed E-state index contributed by atoms with van der Waals surface area (Å²) in [6, 6.07) is 11.8. The second kappa shape index (κ2) is 5.45. The van der Waals surface area contributed by atoms with Gasteiger partial charge in [-0.05, 0) is 36.8 Å². The van der Waals surface area contributed by atoms with Gasteiger partial charge in [-0.3, -0.25) is 4.79 Å². The molecule has 0 saturated heterocycles. The van der Waals surface area contributed by atoms with Gasteiger partial charge in [-0.25, -0.2) is 12.8 Å². The Morgan fingerprint density at radius 1 is 1.13 bits per heavy atom. The van der Waals surface area contributed by atoms with Crippen LogP contribution in [0.2, 0.25) is 0 Å². The van der Waals surface area contributed by atoms with Crippen molar-refractivity contribution in [1.29, 1.82) is 0 Å². The quantitative estimate of drug-likeness (QED) is 0.933. The standard InChI is InChI=1S/C17H15FO4S/c1-10-5-7-13(8-6-10)23(21,22)16-14(15(16)17(19)20)11-3-2-4-12(18)9-11/h2-9,14-16H,1H3,(H,19,20)/t14-,15+,16-/m0/s1. The highest BCUT2D eigenvalue weighted by Crippen LogP contribution is 2.54. The average Bonchev–Trinajstić information content (AvgIpc) is 3.24. The Morgan fingerprint density at radius 3 is 2.35 bits per heavy atom. The number of halogens is 1. The lowest BCUT2D eigenvalue weighted by Crippen LogP contribution is -2.13. The van der Waals surface area contributed by atoms with E-state index in [-0.39, 0.29) is 4.90 Å². The number of hydrogen-bond acceptors (Lipinski definition) is 3.